The minimum atomic E-state index is 0.460. The molecule has 4 heterocycles. The molecule has 1 fully saturated rings. The Kier molecular flexibility index (Phi) is 4.59. The van der Waals surface area contributed by atoms with Crippen molar-refractivity contribution in [3.63, 3.8) is 0 Å². The van der Waals surface area contributed by atoms with Gasteiger partial charge in [-0.1, -0.05) is 0 Å². The maximum Gasteiger partial charge on any atom is 0.140 e. The molecular weight excluding hydrogens is 324 g/mol. The zero-order valence-electron chi connectivity index (χ0n) is 15.8. The van der Waals surface area contributed by atoms with Crippen molar-refractivity contribution in [3.8, 4) is 11.4 Å². The summed E-state index contributed by atoms with van der Waals surface area (Å²) in [6.45, 7) is 10.4. The highest BCUT2D eigenvalue weighted by Crippen LogP contribution is 2.30. The van der Waals surface area contributed by atoms with Crippen LogP contribution in [0.25, 0.3) is 11.4 Å². The number of hydrogen-bond acceptors (Lipinski definition) is 4. The van der Waals surface area contributed by atoms with Gasteiger partial charge in [-0.05, 0) is 39.3 Å². The number of likely N-dealkylation sites (tertiary alicyclic amines) is 1. The Morgan fingerprint density at radius 2 is 2.00 bits per heavy atom. The summed E-state index contributed by atoms with van der Waals surface area (Å²) >= 11 is 0. The maximum atomic E-state index is 4.67. The molecule has 1 atom stereocenters. The second kappa shape index (κ2) is 7.03. The van der Waals surface area contributed by atoms with Crippen molar-refractivity contribution >= 4 is 0 Å². The van der Waals surface area contributed by atoms with Crippen LogP contribution in [0, 0.1) is 13.8 Å². The molecule has 0 radical (unpaired) electrons. The van der Waals surface area contributed by atoms with E-state index in [9.17, 15) is 0 Å². The van der Waals surface area contributed by atoms with Crippen LogP contribution in [0.3, 0.4) is 0 Å². The summed E-state index contributed by atoms with van der Waals surface area (Å²) in [7, 11) is 0. The minimum Gasteiger partial charge on any atom is -0.324 e. The smallest absolute Gasteiger partial charge is 0.140 e. The van der Waals surface area contributed by atoms with Gasteiger partial charge in [-0.25, -0.2) is 4.98 Å². The van der Waals surface area contributed by atoms with Crippen molar-refractivity contribution in [1.82, 2.24) is 29.2 Å². The second-order valence-corrected chi connectivity index (χ2v) is 7.10. The molecule has 0 N–H and O–H groups in total. The van der Waals surface area contributed by atoms with Crippen molar-refractivity contribution in [2.75, 3.05) is 13.1 Å². The zero-order chi connectivity index (χ0) is 18.1. The molecule has 0 saturated carbocycles. The average molecular weight is 350 g/mol. The summed E-state index contributed by atoms with van der Waals surface area (Å²) in [6, 6.07) is 4.53. The summed E-state index contributed by atoms with van der Waals surface area (Å²) in [5, 5.41) is 4.58. The van der Waals surface area contributed by atoms with E-state index in [-0.39, 0.29) is 0 Å². The van der Waals surface area contributed by atoms with Crippen molar-refractivity contribution in [1.29, 1.82) is 0 Å². The molecule has 0 aromatic carbocycles. The van der Waals surface area contributed by atoms with Crippen LogP contribution >= 0.6 is 0 Å². The van der Waals surface area contributed by atoms with Crippen molar-refractivity contribution < 1.29 is 0 Å². The predicted octanol–water partition coefficient (Wildman–Crippen LogP) is 3.23. The fraction of sp³-hybridized carbons (Fsp3) is 0.450. The van der Waals surface area contributed by atoms with Crippen molar-refractivity contribution in [3.05, 3.63) is 53.9 Å². The average Bonchev–Trinajstić information content (AvgIpc) is 3.35. The normalized spacial score (nSPS) is 17.9. The van der Waals surface area contributed by atoms with E-state index in [0.717, 1.165) is 49.7 Å². The Hall–Kier alpha value is -2.47. The molecule has 0 spiro atoms. The van der Waals surface area contributed by atoms with E-state index in [0.29, 0.717) is 6.04 Å². The Balaban J connectivity index is 1.52. The van der Waals surface area contributed by atoms with Gasteiger partial charge in [0.1, 0.15) is 5.82 Å². The Labute approximate surface area is 154 Å². The highest BCUT2D eigenvalue weighted by Gasteiger charge is 2.27. The Morgan fingerprint density at radius 3 is 2.73 bits per heavy atom. The standard InChI is InChI=1S/C20H26N6/c1-4-25-13-18(16(3)23-25)12-24-10-7-19(14-24)26-15(2)11-22-20(26)17-5-8-21-9-6-17/h5-6,8-9,11,13,19H,4,7,10,12,14H2,1-3H3. The van der Waals surface area contributed by atoms with Gasteiger partial charge < -0.3 is 4.57 Å². The van der Waals surface area contributed by atoms with Crippen molar-refractivity contribution in [2.24, 2.45) is 0 Å². The SMILES string of the molecule is CCn1cc(CN2CCC(n3c(C)cnc3-c3ccncc3)C2)c(C)n1. The van der Waals surface area contributed by atoms with Gasteiger partial charge in [0.15, 0.2) is 0 Å². The molecule has 0 bridgehead atoms. The van der Waals surface area contributed by atoms with Crippen LogP contribution in [0.2, 0.25) is 0 Å². The fourth-order valence-electron chi connectivity index (χ4n) is 3.91. The first kappa shape index (κ1) is 17.0. The minimum absolute atomic E-state index is 0.460. The maximum absolute atomic E-state index is 4.67. The largest absolute Gasteiger partial charge is 0.324 e. The van der Waals surface area contributed by atoms with E-state index in [1.165, 1.54) is 11.3 Å². The first-order valence-electron chi connectivity index (χ1n) is 9.35. The molecule has 136 valence electrons. The van der Waals surface area contributed by atoms with Gasteiger partial charge >= 0.3 is 0 Å². The molecule has 0 aliphatic carbocycles. The summed E-state index contributed by atoms with van der Waals surface area (Å²) in [5.74, 6) is 1.05. The van der Waals surface area contributed by atoms with Gasteiger partial charge in [-0.15, -0.1) is 0 Å². The van der Waals surface area contributed by atoms with Crippen molar-refractivity contribution in [2.45, 2.75) is 46.3 Å². The zero-order valence-corrected chi connectivity index (χ0v) is 15.8. The summed E-state index contributed by atoms with van der Waals surface area (Å²) in [5.41, 5.74) is 4.83. The van der Waals surface area contributed by atoms with Gasteiger partial charge in [0.05, 0.1) is 5.69 Å². The summed E-state index contributed by atoms with van der Waals surface area (Å²) < 4.78 is 4.43. The second-order valence-electron chi connectivity index (χ2n) is 7.10. The number of hydrogen-bond donors (Lipinski definition) is 0. The summed E-state index contributed by atoms with van der Waals surface area (Å²) in [4.78, 5) is 11.3. The Bertz CT molecular complexity index is 879. The molecule has 4 rings (SSSR count). The highest BCUT2D eigenvalue weighted by molar-refractivity contribution is 5.55. The van der Waals surface area contributed by atoms with Crippen LogP contribution in [0.4, 0.5) is 0 Å². The van der Waals surface area contributed by atoms with Gasteiger partial charge in [-0.3, -0.25) is 14.6 Å². The fourth-order valence-corrected chi connectivity index (χ4v) is 3.91. The van der Waals surface area contributed by atoms with Gasteiger partial charge in [0.2, 0.25) is 0 Å². The molecule has 1 unspecified atom stereocenters. The molecule has 0 amide bonds. The lowest BCUT2D eigenvalue weighted by Gasteiger charge is -2.19. The molecule has 1 aliphatic rings. The third-order valence-electron chi connectivity index (χ3n) is 5.30. The quantitative estimate of drug-likeness (QED) is 0.709. The number of aromatic nitrogens is 5. The number of pyridine rings is 1. The van der Waals surface area contributed by atoms with Crippen LogP contribution < -0.4 is 0 Å². The molecule has 1 aliphatic heterocycles. The van der Waals surface area contributed by atoms with Crippen LogP contribution in [0.1, 0.15) is 36.3 Å². The lowest BCUT2D eigenvalue weighted by atomic mass is 10.2. The third kappa shape index (κ3) is 3.17. The molecule has 3 aromatic heterocycles. The number of rotatable bonds is 5. The molecule has 1 saturated heterocycles. The van der Waals surface area contributed by atoms with Crippen LogP contribution in [-0.2, 0) is 13.1 Å². The first-order valence-corrected chi connectivity index (χ1v) is 9.35. The van der Waals surface area contributed by atoms with Gasteiger partial charge in [0.25, 0.3) is 0 Å². The van der Waals surface area contributed by atoms with E-state index in [1.54, 1.807) is 0 Å². The van der Waals surface area contributed by atoms with E-state index in [4.69, 9.17) is 0 Å². The van der Waals surface area contributed by atoms with E-state index >= 15 is 0 Å². The third-order valence-corrected chi connectivity index (χ3v) is 5.30. The molecule has 3 aromatic rings. The predicted molar refractivity (Wildman–Crippen MR) is 102 cm³/mol. The van der Waals surface area contributed by atoms with Gasteiger partial charge in [-0.2, -0.15) is 5.10 Å². The number of nitrogens with zero attached hydrogens (tertiary/aromatic N) is 6. The lowest BCUT2D eigenvalue weighted by molar-refractivity contribution is 0.315. The molecule has 26 heavy (non-hydrogen) atoms. The topological polar surface area (TPSA) is 51.8 Å². The number of aryl methyl sites for hydroxylation is 3. The molecular formula is C20H26N6. The Morgan fingerprint density at radius 1 is 1.19 bits per heavy atom. The number of imidazole rings is 1. The monoisotopic (exact) mass is 350 g/mol. The van der Waals surface area contributed by atoms with Gasteiger partial charge in [0, 0.05) is 73.8 Å². The molecule has 6 nitrogen and oxygen atoms in total. The van der Waals surface area contributed by atoms with E-state index < -0.39 is 0 Å². The lowest BCUT2D eigenvalue weighted by Crippen LogP contribution is -2.22. The van der Waals surface area contributed by atoms with Crippen LogP contribution in [-0.4, -0.2) is 42.3 Å². The van der Waals surface area contributed by atoms with Crippen LogP contribution in [0.15, 0.2) is 36.9 Å². The molecule has 6 heteroatoms. The summed E-state index contributed by atoms with van der Waals surface area (Å²) in [6.07, 6.45) is 8.98. The highest BCUT2D eigenvalue weighted by atomic mass is 15.3. The van der Waals surface area contributed by atoms with Crippen LogP contribution in [0.5, 0.6) is 0 Å². The first-order chi connectivity index (χ1) is 12.7. The van der Waals surface area contributed by atoms with E-state index in [1.807, 2.05) is 35.4 Å². The van der Waals surface area contributed by atoms with E-state index in [2.05, 4.69) is 51.5 Å².